The van der Waals surface area contributed by atoms with E-state index in [-0.39, 0.29) is 0 Å². The van der Waals surface area contributed by atoms with Crippen LogP contribution < -0.4 is 4.90 Å². The van der Waals surface area contributed by atoms with Gasteiger partial charge in [-0.05, 0) is 12.8 Å². The maximum absolute atomic E-state index is 6.01. The third kappa shape index (κ3) is 2.02. The Morgan fingerprint density at radius 2 is 2.17 bits per heavy atom. The summed E-state index contributed by atoms with van der Waals surface area (Å²) in [6.45, 7) is 1.85. The fourth-order valence-corrected chi connectivity index (χ4v) is 2.49. The van der Waals surface area contributed by atoms with Crippen LogP contribution in [0.25, 0.3) is 5.78 Å². The normalized spacial score (nSPS) is 17.6. The van der Waals surface area contributed by atoms with E-state index >= 15 is 0 Å². The number of aromatic nitrogens is 4. The molecule has 7 heteroatoms. The average Bonchev–Trinajstić information content (AvgIpc) is 2.86. The number of fused-ring (bicyclic) bond motifs is 1. The summed E-state index contributed by atoms with van der Waals surface area (Å²) in [6, 6.07) is 1.83. The Hall–Kier alpha value is -1.40. The number of nitrogens with zero attached hydrogens (tertiary/aromatic N) is 5. The number of piperidine rings is 1. The molecule has 0 amide bonds. The standard InChI is InChI=1S/C11H14ClN5O/c1-18-8-2-4-16(5-3-8)10-6-9(12)15-11-13-7-14-17(10)11/h6-8H,2-5H2,1H3. The van der Waals surface area contributed by atoms with Gasteiger partial charge in [-0.3, -0.25) is 0 Å². The first kappa shape index (κ1) is 11.7. The lowest BCUT2D eigenvalue weighted by atomic mass is 10.1. The highest BCUT2D eigenvalue weighted by Crippen LogP contribution is 2.23. The first-order chi connectivity index (χ1) is 8.78. The molecule has 0 bridgehead atoms. The zero-order valence-electron chi connectivity index (χ0n) is 10.1. The molecule has 0 aliphatic carbocycles. The molecular weight excluding hydrogens is 254 g/mol. The highest BCUT2D eigenvalue weighted by atomic mass is 35.5. The van der Waals surface area contributed by atoms with Gasteiger partial charge in [-0.25, -0.2) is 0 Å². The van der Waals surface area contributed by atoms with Crippen molar-refractivity contribution in [3.63, 3.8) is 0 Å². The van der Waals surface area contributed by atoms with Gasteiger partial charge in [0.15, 0.2) is 0 Å². The van der Waals surface area contributed by atoms with E-state index in [1.807, 2.05) is 6.07 Å². The molecule has 2 aromatic rings. The van der Waals surface area contributed by atoms with E-state index in [1.54, 1.807) is 11.6 Å². The second-order valence-electron chi connectivity index (χ2n) is 4.33. The lowest BCUT2D eigenvalue weighted by Crippen LogP contribution is -2.37. The van der Waals surface area contributed by atoms with E-state index in [0.29, 0.717) is 17.0 Å². The van der Waals surface area contributed by atoms with Crippen molar-refractivity contribution in [3.8, 4) is 0 Å². The Bertz CT molecular complexity index is 549. The SMILES string of the molecule is COC1CCN(c2cc(Cl)nc3ncnn23)CC1. The van der Waals surface area contributed by atoms with Crippen LogP contribution in [0.2, 0.25) is 5.15 Å². The second-order valence-corrected chi connectivity index (χ2v) is 4.72. The maximum atomic E-state index is 6.01. The van der Waals surface area contributed by atoms with Gasteiger partial charge in [-0.15, -0.1) is 0 Å². The van der Waals surface area contributed by atoms with Crippen LogP contribution in [-0.2, 0) is 4.74 Å². The molecule has 3 heterocycles. The Morgan fingerprint density at radius 1 is 1.39 bits per heavy atom. The Kier molecular flexibility index (Phi) is 3.05. The van der Waals surface area contributed by atoms with Crippen molar-refractivity contribution >= 4 is 23.2 Å². The number of rotatable bonds is 2. The first-order valence-electron chi connectivity index (χ1n) is 5.92. The minimum atomic E-state index is 0.352. The number of halogens is 1. The molecule has 96 valence electrons. The summed E-state index contributed by atoms with van der Waals surface area (Å²) in [7, 11) is 1.76. The molecule has 1 saturated heterocycles. The topological polar surface area (TPSA) is 55.5 Å². The van der Waals surface area contributed by atoms with Crippen LogP contribution in [0.1, 0.15) is 12.8 Å². The zero-order valence-corrected chi connectivity index (χ0v) is 10.8. The minimum Gasteiger partial charge on any atom is -0.381 e. The molecule has 6 nitrogen and oxygen atoms in total. The second kappa shape index (κ2) is 4.70. The van der Waals surface area contributed by atoms with Crippen molar-refractivity contribution in [1.29, 1.82) is 0 Å². The molecular formula is C11H14ClN5O. The zero-order chi connectivity index (χ0) is 12.5. The molecule has 0 radical (unpaired) electrons. The van der Waals surface area contributed by atoms with E-state index in [2.05, 4.69) is 20.0 Å². The number of hydrogen-bond donors (Lipinski definition) is 0. The molecule has 2 aromatic heterocycles. The van der Waals surface area contributed by atoms with Gasteiger partial charge >= 0.3 is 0 Å². The van der Waals surface area contributed by atoms with E-state index in [4.69, 9.17) is 16.3 Å². The first-order valence-corrected chi connectivity index (χ1v) is 6.30. The highest BCUT2D eigenvalue weighted by Gasteiger charge is 2.21. The smallest absolute Gasteiger partial charge is 0.255 e. The summed E-state index contributed by atoms with van der Waals surface area (Å²) < 4.78 is 7.09. The summed E-state index contributed by atoms with van der Waals surface area (Å²) in [5.74, 6) is 1.48. The number of anilines is 1. The molecule has 0 aromatic carbocycles. The fourth-order valence-electron chi connectivity index (χ4n) is 2.31. The van der Waals surface area contributed by atoms with Crippen LogP contribution in [0, 0.1) is 0 Å². The predicted molar refractivity (Wildman–Crippen MR) is 68.0 cm³/mol. The summed E-state index contributed by atoms with van der Waals surface area (Å²) in [5, 5.41) is 4.63. The third-order valence-corrected chi connectivity index (χ3v) is 3.49. The maximum Gasteiger partial charge on any atom is 0.255 e. The van der Waals surface area contributed by atoms with Gasteiger partial charge in [0.1, 0.15) is 17.3 Å². The number of hydrogen-bond acceptors (Lipinski definition) is 5. The third-order valence-electron chi connectivity index (χ3n) is 3.30. The van der Waals surface area contributed by atoms with Crippen molar-refractivity contribution in [2.45, 2.75) is 18.9 Å². The quantitative estimate of drug-likeness (QED) is 0.770. The van der Waals surface area contributed by atoms with Crippen LogP contribution in [0.3, 0.4) is 0 Å². The summed E-state index contributed by atoms with van der Waals surface area (Å²) in [5.41, 5.74) is 0. The van der Waals surface area contributed by atoms with Crippen molar-refractivity contribution in [1.82, 2.24) is 19.6 Å². The van der Waals surface area contributed by atoms with Crippen LogP contribution in [0.15, 0.2) is 12.4 Å². The Morgan fingerprint density at radius 3 is 2.89 bits per heavy atom. The molecule has 3 rings (SSSR count). The van der Waals surface area contributed by atoms with Gasteiger partial charge in [0.25, 0.3) is 5.78 Å². The lowest BCUT2D eigenvalue weighted by molar-refractivity contribution is 0.0817. The molecule has 0 atom stereocenters. The Balaban J connectivity index is 1.92. The molecule has 0 saturated carbocycles. The summed E-state index contributed by atoms with van der Waals surface area (Å²) in [4.78, 5) is 10.4. The average molecular weight is 268 g/mol. The fraction of sp³-hybridized carbons (Fsp3) is 0.545. The van der Waals surface area contributed by atoms with Crippen LogP contribution in [-0.4, -0.2) is 45.9 Å². The molecule has 0 N–H and O–H groups in total. The van der Waals surface area contributed by atoms with Crippen LogP contribution >= 0.6 is 11.6 Å². The van der Waals surface area contributed by atoms with Gasteiger partial charge < -0.3 is 9.64 Å². The number of ether oxygens (including phenoxy) is 1. The largest absolute Gasteiger partial charge is 0.381 e. The highest BCUT2D eigenvalue weighted by molar-refractivity contribution is 6.29. The van der Waals surface area contributed by atoms with Crippen LogP contribution in [0.5, 0.6) is 0 Å². The van der Waals surface area contributed by atoms with Gasteiger partial charge in [-0.2, -0.15) is 19.6 Å². The van der Waals surface area contributed by atoms with Gasteiger partial charge in [0.05, 0.1) is 6.10 Å². The molecule has 18 heavy (non-hydrogen) atoms. The lowest BCUT2D eigenvalue weighted by Gasteiger charge is -2.32. The predicted octanol–water partition coefficient (Wildman–Crippen LogP) is 1.39. The monoisotopic (exact) mass is 267 g/mol. The van der Waals surface area contributed by atoms with E-state index < -0.39 is 0 Å². The van der Waals surface area contributed by atoms with Gasteiger partial charge in [-0.1, -0.05) is 11.6 Å². The van der Waals surface area contributed by atoms with Gasteiger partial charge in [0.2, 0.25) is 0 Å². The molecule has 0 unspecified atom stereocenters. The molecule has 1 aliphatic rings. The number of methoxy groups -OCH3 is 1. The van der Waals surface area contributed by atoms with Crippen molar-refractivity contribution in [2.75, 3.05) is 25.1 Å². The molecule has 0 spiro atoms. The van der Waals surface area contributed by atoms with Crippen molar-refractivity contribution in [2.24, 2.45) is 0 Å². The van der Waals surface area contributed by atoms with Crippen molar-refractivity contribution < 1.29 is 4.74 Å². The summed E-state index contributed by atoms with van der Waals surface area (Å²) >= 11 is 6.01. The van der Waals surface area contributed by atoms with E-state index in [0.717, 1.165) is 31.7 Å². The van der Waals surface area contributed by atoms with Crippen LogP contribution in [0.4, 0.5) is 5.82 Å². The molecule has 1 fully saturated rings. The van der Waals surface area contributed by atoms with Gasteiger partial charge in [0, 0.05) is 26.3 Å². The minimum absolute atomic E-state index is 0.352. The Labute approximate surface area is 110 Å². The van der Waals surface area contributed by atoms with Crippen molar-refractivity contribution in [3.05, 3.63) is 17.5 Å². The molecule has 1 aliphatic heterocycles. The van der Waals surface area contributed by atoms with E-state index in [1.165, 1.54) is 6.33 Å². The van der Waals surface area contributed by atoms with E-state index in [9.17, 15) is 0 Å². The summed E-state index contributed by atoms with van der Waals surface area (Å²) in [6.07, 6.45) is 3.85.